The molecular weight excluding hydrogens is 294 g/mol. The average molecular weight is 314 g/mol. The quantitative estimate of drug-likeness (QED) is 0.797. The molecule has 0 radical (unpaired) electrons. The monoisotopic (exact) mass is 313 g/mol. The van der Waals surface area contributed by atoms with E-state index in [0.717, 1.165) is 0 Å². The second-order valence-electron chi connectivity index (χ2n) is 5.29. The maximum atomic E-state index is 6.37. The fraction of sp³-hybridized carbons (Fsp3) is 0.333. The van der Waals surface area contributed by atoms with Gasteiger partial charge in [-0.1, -0.05) is 39.0 Å². The molecule has 0 unspecified atom stereocenters. The highest BCUT2D eigenvalue weighted by Gasteiger charge is 2.18. The van der Waals surface area contributed by atoms with E-state index in [1.54, 1.807) is 11.3 Å². The van der Waals surface area contributed by atoms with Gasteiger partial charge in [0.25, 0.3) is 0 Å². The number of thiophene rings is 1. The molecule has 1 aromatic carbocycles. The molecule has 0 saturated heterocycles. The highest BCUT2D eigenvalue weighted by atomic mass is 35.5. The minimum absolute atomic E-state index is 0. The summed E-state index contributed by atoms with van der Waals surface area (Å²) in [4.78, 5) is 1.28. The van der Waals surface area contributed by atoms with Crippen molar-refractivity contribution in [1.82, 2.24) is 0 Å². The topological polar surface area (TPSA) is 26.0 Å². The van der Waals surface area contributed by atoms with Gasteiger partial charge in [0.15, 0.2) is 0 Å². The molecule has 1 heterocycles. The molecule has 2 aromatic rings. The van der Waals surface area contributed by atoms with Crippen LogP contribution in [-0.2, 0) is 0 Å². The fourth-order valence-corrected chi connectivity index (χ4v) is 3.61. The Morgan fingerprint density at radius 1 is 1.16 bits per heavy atom. The predicted molar refractivity (Wildman–Crippen MR) is 89.6 cm³/mol. The van der Waals surface area contributed by atoms with Crippen LogP contribution in [-0.4, -0.2) is 4.75 Å². The summed E-state index contributed by atoms with van der Waals surface area (Å²) in [7, 11) is 0. The first-order chi connectivity index (χ1) is 8.47. The number of hydrogen-bond donors (Lipinski definition) is 1. The van der Waals surface area contributed by atoms with Gasteiger partial charge in [-0.25, -0.2) is 0 Å². The van der Waals surface area contributed by atoms with Crippen molar-refractivity contribution in [3.05, 3.63) is 52.2 Å². The molecule has 0 aliphatic carbocycles. The van der Waals surface area contributed by atoms with Gasteiger partial charge >= 0.3 is 0 Å². The van der Waals surface area contributed by atoms with Crippen molar-refractivity contribution < 1.29 is 0 Å². The number of halogens is 1. The van der Waals surface area contributed by atoms with E-state index in [4.69, 9.17) is 5.73 Å². The molecule has 4 heteroatoms. The van der Waals surface area contributed by atoms with Gasteiger partial charge in [-0.2, -0.15) is 11.3 Å². The molecule has 0 bridgehead atoms. The second kappa shape index (κ2) is 6.80. The lowest BCUT2D eigenvalue weighted by Gasteiger charge is -2.22. The van der Waals surface area contributed by atoms with Gasteiger partial charge in [0.05, 0.1) is 6.04 Å². The second-order valence-corrected chi connectivity index (χ2v) is 7.94. The van der Waals surface area contributed by atoms with E-state index in [-0.39, 0.29) is 23.2 Å². The van der Waals surface area contributed by atoms with Crippen LogP contribution in [0.2, 0.25) is 0 Å². The van der Waals surface area contributed by atoms with Gasteiger partial charge in [-0.15, -0.1) is 24.2 Å². The summed E-state index contributed by atoms with van der Waals surface area (Å²) >= 11 is 3.57. The number of rotatable bonds is 3. The Labute approximate surface area is 130 Å². The molecule has 0 amide bonds. The third-order valence-electron chi connectivity index (χ3n) is 2.57. The number of benzene rings is 1. The van der Waals surface area contributed by atoms with Crippen LogP contribution >= 0.6 is 35.5 Å². The molecule has 0 saturated carbocycles. The molecule has 1 aromatic heterocycles. The molecule has 1 nitrogen and oxygen atoms in total. The molecule has 0 spiro atoms. The van der Waals surface area contributed by atoms with Crippen LogP contribution in [0.1, 0.15) is 37.9 Å². The van der Waals surface area contributed by atoms with E-state index in [1.807, 2.05) is 11.8 Å². The zero-order valence-corrected chi connectivity index (χ0v) is 13.9. The Bertz CT molecular complexity index is 503. The van der Waals surface area contributed by atoms with Gasteiger partial charge in [-0.05, 0) is 34.0 Å². The number of thioether (sulfide) groups is 1. The molecule has 2 rings (SSSR count). The van der Waals surface area contributed by atoms with Crippen molar-refractivity contribution >= 4 is 35.5 Å². The van der Waals surface area contributed by atoms with Gasteiger partial charge in [0.1, 0.15) is 0 Å². The Morgan fingerprint density at radius 3 is 2.42 bits per heavy atom. The van der Waals surface area contributed by atoms with Crippen LogP contribution < -0.4 is 5.73 Å². The Hall–Kier alpha value is -0.480. The Morgan fingerprint density at radius 2 is 1.84 bits per heavy atom. The molecule has 104 valence electrons. The van der Waals surface area contributed by atoms with E-state index in [2.05, 4.69) is 61.9 Å². The van der Waals surface area contributed by atoms with Gasteiger partial charge in [0.2, 0.25) is 0 Å². The van der Waals surface area contributed by atoms with Crippen molar-refractivity contribution in [2.24, 2.45) is 5.73 Å². The molecule has 0 aliphatic heterocycles. The normalized spacial score (nSPS) is 12.8. The van der Waals surface area contributed by atoms with Gasteiger partial charge in [0, 0.05) is 9.64 Å². The van der Waals surface area contributed by atoms with Crippen molar-refractivity contribution in [3.63, 3.8) is 0 Å². The van der Waals surface area contributed by atoms with Crippen LogP contribution in [0, 0.1) is 0 Å². The zero-order valence-electron chi connectivity index (χ0n) is 11.4. The molecule has 2 N–H and O–H groups in total. The van der Waals surface area contributed by atoms with Crippen molar-refractivity contribution in [2.75, 3.05) is 0 Å². The lowest BCUT2D eigenvalue weighted by atomic mass is 10.0. The van der Waals surface area contributed by atoms with Gasteiger partial charge < -0.3 is 5.73 Å². The first-order valence-electron chi connectivity index (χ1n) is 6.03. The SMILES string of the molecule is CC(C)(C)Sc1ccccc1[C@@H](N)c1ccsc1.Cl. The van der Waals surface area contributed by atoms with E-state index in [1.165, 1.54) is 16.0 Å². The minimum Gasteiger partial charge on any atom is -0.320 e. The van der Waals surface area contributed by atoms with Crippen molar-refractivity contribution in [2.45, 2.75) is 36.5 Å². The predicted octanol–water partition coefficient (Wildman–Crippen LogP) is 5.11. The summed E-state index contributed by atoms with van der Waals surface area (Å²) in [6.07, 6.45) is 0. The van der Waals surface area contributed by atoms with Crippen LogP contribution in [0.15, 0.2) is 46.0 Å². The van der Waals surface area contributed by atoms with Crippen molar-refractivity contribution in [1.29, 1.82) is 0 Å². The lowest BCUT2D eigenvalue weighted by Crippen LogP contribution is -2.14. The summed E-state index contributed by atoms with van der Waals surface area (Å²) in [5.41, 5.74) is 8.79. The molecular formula is C15H20ClNS2. The summed E-state index contributed by atoms with van der Waals surface area (Å²) in [6.45, 7) is 6.68. The molecule has 1 atom stereocenters. The van der Waals surface area contributed by atoms with Crippen LogP contribution in [0.5, 0.6) is 0 Å². The Kier molecular flexibility index (Phi) is 5.93. The average Bonchev–Trinajstić information content (AvgIpc) is 2.80. The molecule has 0 aliphatic rings. The van der Waals surface area contributed by atoms with Gasteiger partial charge in [-0.3, -0.25) is 0 Å². The zero-order chi connectivity index (χ0) is 13.2. The highest BCUT2D eigenvalue weighted by molar-refractivity contribution is 8.00. The Balaban J connectivity index is 0.00000180. The van der Waals surface area contributed by atoms with E-state index >= 15 is 0 Å². The molecule has 19 heavy (non-hydrogen) atoms. The number of nitrogens with two attached hydrogens (primary N) is 1. The highest BCUT2D eigenvalue weighted by Crippen LogP contribution is 2.37. The third-order valence-corrected chi connectivity index (χ3v) is 4.48. The first kappa shape index (κ1) is 16.6. The molecule has 0 fully saturated rings. The fourth-order valence-electron chi connectivity index (χ4n) is 1.79. The minimum atomic E-state index is -0.0256. The van der Waals surface area contributed by atoms with E-state index < -0.39 is 0 Å². The van der Waals surface area contributed by atoms with Crippen LogP contribution in [0.3, 0.4) is 0 Å². The largest absolute Gasteiger partial charge is 0.320 e. The third kappa shape index (κ3) is 4.53. The first-order valence-corrected chi connectivity index (χ1v) is 7.79. The van der Waals surface area contributed by atoms with Crippen LogP contribution in [0.4, 0.5) is 0 Å². The maximum absolute atomic E-state index is 6.37. The summed E-state index contributed by atoms with van der Waals surface area (Å²) in [6, 6.07) is 10.5. The summed E-state index contributed by atoms with van der Waals surface area (Å²) in [5.74, 6) is 0. The standard InChI is InChI=1S/C15H19NS2.ClH/c1-15(2,3)18-13-7-5-4-6-12(13)14(16)11-8-9-17-10-11;/h4-10,14H,16H2,1-3H3;1H/t14-;/m0./s1. The maximum Gasteiger partial charge on any atom is 0.0570 e. The summed E-state index contributed by atoms with van der Waals surface area (Å²) in [5, 5.41) is 4.21. The van der Waals surface area contributed by atoms with Crippen LogP contribution in [0.25, 0.3) is 0 Å². The smallest absolute Gasteiger partial charge is 0.0570 e. The summed E-state index contributed by atoms with van der Waals surface area (Å²) < 4.78 is 0.199. The number of hydrogen-bond acceptors (Lipinski definition) is 3. The lowest BCUT2D eigenvalue weighted by molar-refractivity contribution is 0.796. The van der Waals surface area contributed by atoms with E-state index in [9.17, 15) is 0 Å². The van der Waals surface area contributed by atoms with Crippen molar-refractivity contribution in [3.8, 4) is 0 Å². The van der Waals surface area contributed by atoms with E-state index in [0.29, 0.717) is 0 Å².